The normalized spacial score (nSPS) is 19.4. The Morgan fingerprint density at radius 3 is 2.06 bits per heavy atom. The highest BCUT2D eigenvalue weighted by Gasteiger charge is 2.49. The summed E-state index contributed by atoms with van der Waals surface area (Å²) in [6.45, 7) is 11.6. The maximum atomic E-state index is 13.1. The molecule has 0 aliphatic carbocycles. The van der Waals surface area contributed by atoms with Crippen LogP contribution in [0.3, 0.4) is 0 Å². The van der Waals surface area contributed by atoms with Crippen molar-refractivity contribution in [3.8, 4) is 0 Å². The predicted molar refractivity (Wildman–Crippen MR) is 125 cm³/mol. The number of urea groups is 1. The minimum atomic E-state index is -1.19. The lowest BCUT2D eigenvalue weighted by Crippen LogP contribution is -2.44. The second-order valence-corrected chi connectivity index (χ2v) is 9.42. The van der Waals surface area contributed by atoms with Crippen molar-refractivity contribution >= 4 is 17.8 Å². The van der Waals surface area contributed by atoms with E-state index in [0.29, 0.717) is 11.5 Å². The summed E-state index contributed by atoms with van der Waals surface area (Å²) in [6, 6.07) is 14.9. The fourth-order valence-electron chi connectivity index (χ4n) is 4.01. The number of carbonyl (C=O) groups excluding carboxylic acids is 3. The van der Waals surface area contributed by atoms with Gasteiger partial charge in [-0.1, -0.05) is 81.8 Å². The van der Waals surface area contributed by atoms with Crippen LogP contribution in [0, 0.1) is 12.8 Å². The van der Waals surface area contributed by atoms with Crippen LogP contribution < -0.4 is 10.6 Å². The minimum Gasteiger partial charge on any atom is -0.347 e. The molecule has 0 bridgehead atoms. The first kappa shape index (κ1) is 23.5. The zero-order valence-corrected chi connectivity index (χ0v) is 19.7. The van der Waals surface area contributed by atoms with E-state index in [2.05, 4.69) is 36.6 Å². The molecule has 0 spiro atoms. The molecule has 0 saturated carbocycles. The van der Waals surface area contributed by atoms with Crippen molar-refractivity contribution < 1.29 is 14.4 Å². The van der Waals surface area contributed by atoms with Gasteiger partial charge in [-0.25, -0.2) is 4.79 Å². The van der Waals surface area contributed by atoms with E-state index < -0.39 is 17.5 Å². The Morgan fingerprint density at radius 1 is 0.969 bits per heavy atom. The molecule has 170 valence electrons. The fraction of sp³-hybridized carbons (Fsp3) is 0.423. The van der Waals surface area contributed by atoms with Crippen LogP contribution in [0.25, 0.3) is 0 Å². The van der Waals surface area contributed by atoms with Gasteiger partial charge in [0.15, 0.2) is 0 Å². The van der Waals surface area contributed by atoms with Gasteiger partial charge in [-0.3, -0.25) is 14.5 Å². The molecule has 2 aromatic rings. The molecule has 1 saturated heterocycles. The third kappa shape index (κ3) is 4.69. The molecule has 4 amide bonds. The zero-order valence-electron chi connectivity index (χ0n) is 19.7. The molecule has 1 fully saturated rings. The summed E-state index contributed by atoms with van der Waals surface area (Å²) in [5.74, 6) is -0.222. The van der Waals surface area contributed by atoms with Crippen molar-refractivity contribution in [3.05, 3.63) is 70.8 Å². The Morgan fingerprint density at radius 2 is 1.53 bits per heavy atom. The number of carbonyl (C=O) groups is 3. The summed E-state index contributed by atoms with van der Waals surface area (Å²) in [4.78, 5) is 39.5. The first-order valence-electron chi connectivity index (χ1n) is 11.1. The Bertz CT molecular complexity index is 996. The summed E-state index contributed by atoms with van der Waals surface area (Å²) in [7, 11) is 0. The Kier molecular flexibility index (Phi) is 6.72. The molecule has 0 radical (unpaired) electrons. The van der Waals surface area contributed by atoms with E-state index in [0.717, 1.165) is 16.0 Å². The number of rotatable bonds is 7. The van der Waals surface area contributed by atoms with Crippen LogP contribution in [0.5, 0.6) is 0 Å². The van der Waals surface area contributed by atoms with Gasteiger partial charge in [-0.05, 0) is 42.4 Å². The lowest BCUT2D eigenvalue weighted by Gasteiger charge is -2.25. The maximum absolute atomic E-state index is 13.1. The molecule has 1 aliphatic rings. The molecule has 3 rings (SSSR count). The van der Waals surface area contributed by atoms with Crippen LogP contribution in [0.15, 0.2) is 48.5 Å². The van der Waals surface area contributed by atoms with E-state index in [1.54, 1.807) is 6.92 Å². The quantitative estimate of drug-likeness (QED) is 0.633. The van der Waals surface area contributed by atoms with Crippen LogP contribution in [0.4, 0.5) is 4.79 Å². The van der Waals surface area contributed by atoms with E-state index in [1.165, 1.54) is 5.56 Å². The molecule has 32 heavy (non-hydrogen) atoms. The summed E-state index contributed by atoms with van der Waals surface area (Å²) < 4.78 is 0. The van der Waals surface area contributed by atoms with E-state index in [-0.39, 0.29) is 24.4 Å². The van der Waals surface area contributed by atoms with Gasteiger partial charge in [0, 0.05) is 0 Å². The lowest BCUT2D eigenvalue weighted by molar-refractivity contribution is -0.135. The molecule has 6 nitrogen and oxygen atoms in total. The average Bonchev–Trinajstić information content (AvgIpc) is 2.96. The zero-order chi connectivity index (χ0) is 23.6. The van der Waals surface area contributed by atoms with Gasteiger partial charge in [0.1, 0.15) is 12.1 Å². The first-order chi connectivity index (χ1) is 15.0. The molecule has 1 heterocycles. The molecule has 2 atom stereocenters. The Hall–Kier alpha value is -3.15. The Balaban J connectivity index is 1.73. The van der Waals surface area contributed by atoms with Crippen LogP contribution in [-0.4, -0.2) is 29.3 Å². The second-order valence-electron chi connectivity index (χ2n) is 9.42. The standard InChI is InChI=1S/C26H33N3O3/c1-16(2)19-9-11-20(12-10-19)23(17(3)4)27-22(30)15-29-24(31)26(6,28-25(29)32)21-13-7-18(5)8-14-21/h7-14,16-17,23H,15H2,1-6H3,(H,27,30)(H,28,32). The fourth-order valence-corrected chi connectivity index (χ4v) is 4.01. The van der Waals surface area contributed by atoms with Gasteiger partial charge < -0.3 is 10.6 Å². The van der Waals surface area contributed by atoms with Crippen LogP contribution >= 0.6 is 0 Å². The molecule has 2 N–H and O–H groups in total. The predicted octanol–water partition coefficient (Wildman–Crippen LogP) is 4.40. The third-order valence-electron chi connectivity index (χ3n) is 6.15. The average molecular weight is 436 g/mol. The Labute approximate surface area is 190 Å². The highest BCUT2D eigenvalue weighted by molar-refractivity contribution is 6.09. The second kappa shape index (κ2) is 9.15. The van der Waals surface area contributed by atoms with Crippen LogP contribution in [0.1, 0.15) is 68.8 Å². The molecule has 6 heteroatoms. The number of amides is 4. The number of hydrogen-bond donors (Lipinski definition) is 2. The van der Waals surface area contributed by atoms with E-state index in [9.17, 15) is 14.4 Å². The molecule has 1 aliphatic heterocycles. The molecule has 0 aromatic heterocycles. The number of nitrogens with one attached hydrogen (secondary N) is 2. The SMILES string of the molecule is Cc1ccc(C2(C)NC(=O)N(CC(=O)NC(c3ccc(C(C)C)cc3)C(C)C)C2=O)cc1. The van der Waals surface area contributed by atoms with Crippen LogP contribution in [-0.2, 0) is 15.1 Å². The van der Waals surface area contributed by atoms with E-state index >= 15 is 0 Å². The maximum Gasteiger partial charge on any atom is 0.325 e. The highest BCUT2D eigenvalue weighted by Crippen LogP contribution is 2.29. The summed E-state index contributed by atoms with van der Waals surface area (Å²) >= 11 is 0. The van der Waals surface area contributed by atoms with Gasteiger partial charge in [0.2, 0.25) is 5.91 Å². The van der Waals surface area contributed by atoms with Crippen molar-refractivity contribution in [2.75, 3.05) is 6.54 Å². The number of imide groups is 1. The molecular weight excluding hydrogens is 402 g/mol. The smallest absolute Gasteiger partial charge is 0.325 e. The van der Waals surface area contributed by atoms with Gasteiger partial charge >= 0.3 is 6.03 Å². The van der Waals surface area contributed by atoms with E-state index in [1.807, 2.05) is 57.2 Å². The summed E-state index contributed by atoms with van der Waals surface area (Å²) in [6.07, 6.45) is 0. The topological polar surface area (TPSA) is 78.5 Å². The number of benzene rings is 2. The van der Waals surface area contributed by atoms with E-state index in [4.69, 9.17) is 0 Å². The van der Waals surface area contributed by atoms with Crippen molar-refractivity contribution in [1.82, 2.24) is 15.5 Å². The monoisotopic (exact) mass is 435 g/mol. The molecule has 2 aromatic carbocycles. The van der Waals surface area contributed by atoms with Gasteiger partial charge in [-0.2, -0.15) is 0 Å². The number of hydrogen-bond acceptors (Lipinski definition) is 3. The summed E-state index contributed by atoms with van der Waals surface area (Å²) in [5.41, 5.74) is 2.80. The van der Waals surface area contributed by atoms with Crippen LogP contribution in [0.2, 0.25) is 0 Å². The number of nitrogens with zero attached hydrogens (tertiary/aromatic N) is 1. The third-order valence-corrected chi connectivity index (χ3v) is 6.15. The van der Waals surface area contributed by atoms with Gasteiger partial charge in [-0.15, -0.1) is 0 Å². The lowest BCUT2D eigenvalue weighted by atomic mass is 9.91. The largest absolute Gasteiger partial charge is 0.347 e. The molecule has 2 unspecified atom stereocenters. The number of aryl methyl sites for hydroxylation is 1. The summed E-state index contributed by atoms with van der Waals surface area (Å²) in [5, 5.41) is 5.76. The van der Waals surface area contributed by atoms with Gasteiger partial charge in [0.05, 0.1) is 6.04 Å². The van der Waals surface area contributed by atoms with Gasteiger partial charge in [0.25, 0.3) is 5.91 Å². The molecular formula is C26H33N3O3. The minimum absolute atomic E-state index is 0.143. The highest BCUT2D eigenvalue weighted by atomic mass is 16.2. The first-order valence-corrected chi connectivity index (χ1v) is 11.1. The van der Waals surface area contributed by atoms with Crippen molar-refractivity contribution in [3.63, 3.8) is 0 Å². The van der Waals surface area contributed by atoms with Crippen molar-refractivity contribution in [1.29, 1.82) is 0 Å². The van der Waals surface area contributed by atoms with Crippen molar-refractivity contribution in [2.45, 2.75) is 59.0 Å². The van der Waals surface area contributed by atoms with Crippen molar-refractivity contribution in [2.24, 2.45) is 5.92 Å².